The van der Waals surface area contributed by atoms with Gasteiger partial charge in [0.15, 0.2) is 0 Å². The van der Waals surface area contributed by atoms with Gasteiger partial charge in [0.2, 0.25) is 5.78 Å². The third-order valence-electron chi connectivity index (χ3n) is 7.82. The maximum Gasteiger partial charge on any atom is 0.346 e. The Labute approximate surface area is 226 Å². The Morgan fingerprint density at radius 3 is 2.47 bits per heavy atom. The van der Waals surface area contributed by atoms with E-state index in [0.717, 1.165) is 53.5 Å². The Hall–Kier alpha value is -3.42. The Bertz CT molecular complexity index is 1460. The lowest BCUT2D eigenvalue weighted by atomic mass is 9.83. The number of para-hydroxylation sites is 1. The zero-order chi connectivity index (χ0) is 26.8. The first-order chi connectivity index (χ1) is 18.4. The molecule has 4 aromatic rings. The molecule has 1 aliphatic carbocycles. The molecule has 1 unspecified atom stereocenters. The quantitative estimate of drug-likeness (QED) is 0.172. The van der Waals surface area contributed by atoms with E-state index in [1.54, 1.807) is 6.20 Å². The van der Waals surface area contributed by atoms with Crippen LogP contribution >= 0.6 is 11.3 Å². The van der Waals surface area contributed by atoms with Gasteiger partial charge < -0.3 is 20.3 Å². The van der Waals surface area contributed by atoms with Crippen molar-refractivity contribution in [2.75, 3.05) is 6.61 Å². The van der Waals surface area contributed by atoms with Crippen LogP contribution in [0, 0.1) is 5.92 Å². The fourth-order valence-electron chi connectivity index (χ4n) is 5.58. The van der Waals surface area contributed by atoms with Gasteiger partial charge in [0.05, 0.1) is 0 Å². The Balaban J connectivity index is 1.49. The van der Waals surface area contributed by atoms with Gasteiger partial charge in [0.25, 0.3) is 0 Å². The molecular weight excluding hydrogens is 498 g/mol. The highest BCUT2D eigenvalue weighted by Gasteiger charge is 2.29. The first kappa shape index (κ1) is 26.2. The summed E-state index contributed by atoms with van der Waals surface area (Å²) in [5.74, 6) is -1.18. The number of rotatable bonds is 9. The Morgan fingerprint density at radius 1 is 1.05 bits per heavy atom. The second-order valence-electron chi connectivity index (χ2n) is 10.4. The van der Waals surface area contributed by atoms with Crippen molar-refractivity contribution >= 4 is 34.0 Å². The molecule has 7 heteroatoms. The number of aromatic carboxylic acids is 1. The van der Waals surface area contributed by atoms with E-state index in [2.05, 4.69) is 4.98 Å². The van der Waals surface area contributed by atoms with E-state index in [9.17, 15) is 24.9 Å². The minimum absolute atomic E-state index is 0.0222. The average molecular weight is 532 g/mol. The monoisotopic (exact) mass is 531 g/mol. The van der Waals surface area contributed by atoms with Crippen LogP contribution < -0.4 is 0 Å². The minimum atomic E-state index is -1.17. The summed E-state index contributed by atoms with van der Waals surface area (Å²) in [6.45, 7) is 2.12. The van der Waals surface area contributed by atoms with Crippen LogP contribution in [0.3, 0.4) is 0 Å². The molecule has 0 bridgehead atoms. The van der Waals surface area contributed by atoms with Crippen LogP contribution in [0.2, 0.25) is 0 Å². The zero-order valence-electron chi connectivity index (χ0n) is 21.5. The number of aromatic nitrogens is 1. The van der Waals surface area contributed by atoms with Crippen molar-refractivity contribution in [3.63, 3.8) is 0 Å². The van der Waals surface area contributed by atoms with Crippen molar-refractivity contribution in [3.8, 4) is 16.9 Å². The number of H-pyrrole nitrogens is 1. The fraction of sp³-hybridized carbons (Fsp3) is 0.355. The van der Waals surface area contributed by atoms with Gasteiger partial charge in [-0.3, -0.25) is 4.79 Å². The number of carboxylic acid groups (broad SMARTS) is 1. The molecule has 0 aliphatic heterocycles. The summed E-state index contributed by atoms with van der Waals surface area (Å²) in [5, 5.41) is 31.2. The van der Waals surface area contributed by atoms with Crippen molar-refractivity contribution in [2.24, 2.45) is 5.92 Å². The van der Waals surface area contributed by atoms with Crippen molar-refractivity contribution in [2.45, 2.75) is 57.8 Å². The second-order valence-corrected chi connectivity index (χ2v) is 11.5. The van der Waals surface area contributed by atoms with Gasteiger partial charge in [-0.15, -0.1) is 11.3 Å². The van der Waals surface area contributed by atoms with Gasteiger partial charge in [0.1, 0.15) is 15.5 Å². The molecule has 198 valence electrons. The number of ketones is 1. The molecule has 4 N–H and O–H groups in total. The number of hydrogen-bond donors (Lipinski definition) is 4. The molecule has 0 radical (unpaired) electrons. The summed E-state index contributed by atoms with van der Waals surface area (Å²) in [4.78, 5) is 29.0. The molecule has 0 saturated heterocycles. The minimum Gasteiger partial charge on any atom is -0.506 e. The lowest BCUT2D eigenvalue weighted by Gasteiger charge is -2.22. The number of aliphatic hydroxyl groups excluding tert-OH is 1. The number of fused-ring (bicyclic) bond motifs is 1. The highest BCUT2D eigenvalue weighted by molar-refractivity contribution is 7.17. The van der Waals surface area contributed by atoms with Gasteiger partial charge in [-0.1, -0.05) is 68.7 Å². The lowest BCUT2D eigenvalue weighted by Crippen LogP contribution is -2.04. The predicted octanol–water partition coefficient (Wildman–Crippen LogP) is 7.14. The molecule has 0 amide bonds. The van der Waals surface area contributed by atoms with Crippen LogP contribution in [0.5, 0.6) is 5.75 Å². The number of nitrogens with one attached hydrogen (secondary N) is 1. The van der Waals surface area contributed by atoms with Gasteiger partial charge in [-0.05, 0) is 54.2 Å². The van der Waals surface area contributed by atoms with E-state index >= 15 is 0 Å². The highest BCUT2D eigenvalue weighted by Crippen LogP contribution is 2.44. The Kier molecular flexibility index (Phi) is 7.68. The zero-order valence-corrected chi connectivity index (χ0v) is 22.3. The second kappa shape index (κ2) is 11.1. The van der Waals surface area contributed by atoms with E-state index < -0.39 is 11.8 Å². The summed E-state index contributed by atoms with van der Waals surface area (Å²) in [7, 11) is 0. The largest absolute Gasteiger partial charge is 0.506 e. The van der Waals surface area contributed by atoms with E-state index in [1.807, 2.05) is 49.4 Å². The molecule has 1 saturated carbocycles. The van der Waals surface area contributed by atoms with Crippen LogP contribution in [-0.4, -0.2) is 38.7 Å². The number of aryl methyl sites for hydroxylation is 1. The van der Waals surface area contributed by atoms with Crippen molar-refractivity contribution in [1.82, 2.24) is 4.98 Å². The van der Waals surface area contributed by atoms with Crippen LogP contribution in [-0.2, 0) is 6.42 Å². The number of aromatic amines is 1. The smallest absolute Gasteiger partial charge is 0.346 e. The topological polar surface area (TPSA) is 111 Å². The first-order valence-corrected chi connectivity index (χ1v) is 14.1. The SMILES string of the molecule is CC(CO)CCc1cccc2c(C(=O)c3sc(C(=O)O)c(-c4ccc(C5CCCCC5)cc4)c3O)c[nH]c12. The third-order valence-corrected chi connectivity index (χ3v) is 8.99. The van der Waals surface area contributed by atoms with Gasteiger partial charge in [0, 0.05) is 34.8 Å². The van der Waals surface area contributed by atoms with Crippen LogP contribution in [0.1, 0.15) is 87.4 Å². The van der Waals surface area contributed by atoms with Crippen molar-refractivity contribution < 1.29 is 24.9 Å². The number of benzene rings is 2. The lowest BCUT2D eigenvalue weighted by molar-refractivity contribution is 0.0702. The maximum absolute atomic E-state index is 13.7. The van der Waals surface area contributed by atoms with Gasteiger partial charge in [-0.25, -0.2) is 4.79 Å². The molecule has 6 nitrogen and oxygen atoms in total. The van der Waals surface area contributed by atoms with E-state index in [1.165, 1.54) is 24.8 Å². The van der Waals surface area contributed by atoms with E-state index in [-0.39, 0.29) is 33.6 Å². The summed E-state index contributed by atoms with van der Waals surface area (Å²) in [6.07, 6.45) is 9.24. The predicted molar refractivity (Wildman–Crippen MR) is 151 cm³/mol. The number of hydrogen-bond acceptors (Lipinski definition) is 5. The molecule has 38 heavy (non-hydrogen) atoms. The van der Waals surface area contributed by atoms with Crippen LogP contribution in [0.15, 0.2) is 48.7 Å². The number of aromatic hydroxyl groups is 1. The molecular formula is C31H33NO5S. The summed E-state index contributed by atoms with van der Waals surface area (Å²) in [5.41, 5.74) is 4.30. The van der Waals surface area contributed by atoms with E-state index in [4.69, 9.17) is 0 Å². The number of aliphatic hydroxyl groups is 1. The normalized spacial score (nSPS) is 15.1. The van der Waals surface area contributed by atoms with Gasteiger partial charge in [-0.2, -0.15) is 0 Å². The van der Waals surface area contributed by atoms with Crippen molar-refractivity contribution in [3.05, 3.63) is 75.1 Å². The third kappa shape index (κ3) is 5.00. The standard InChI is InChI=1S/C31H33NO5S/c1-18(17-33)10-11-22-8-5-9-23-24(16-32-26(22)23)27(34)30-28(35)25(29(38-30)31(36)37)21-14-12-20(13-15-21)19-6-3-2-4-7-19/h5,8-9,12-16,18-19,32-33,35H,2-4,6-7,10-11,17H2,1H3,(H,36,37). The summed E-state index contributed by atoms with van der Waals surface area (Å²) >= 11 is 0.817. The number of thiophene rings is 1. The molecule has 0 spiro atoms. The Morgan fingerprint density at radius 2 is 1.79 bits per heavy atom. The number of carbonyl (C=O) groups excluding carboxylic acids is 1. The summed E-state index contributed by atoms with van der Waals surface area (Å²) in [6, 6.07) is 13.5. The first-order valence-electron chi connectivity index (χ1n) is 13.3. The highest BCUT2D eigenvalue weighted by atomic mass is 32.1. The fourth-order valence-corrected chi connectivity index (χ4v) is 6.59. The molecule has 1 aliphatic rings. The average Bonchev–Trinajstić information content (AvgIpc) is 3.54. The summed E-state index contributed by atoms with van der Waals surface area (Å²) < 4.78 is 0. The molecule has 2 aromatic carbocycles. The van der Waals surface area contributed by atoms with Gasteiger partial charge >= 0.3 is 5.97 Å². The van der Waals surface area contributed by atoms with Crippen LogP contribution in [0.25, 0.3) is 22.0 Å². The van der Waals surface area contributed by atoms with E-state index in [0.29, 0.717) is 17.0 Å². The molecule has 5 rings (SSSR count). The molecule has 1 atom stereocenters. The number of carbonyl (C=O) groups is 2. The molecule has 2 heterocycles. The maximum atomic E-state index is 13.7. The van der Waals surface area contributed by atoms with Crippen molar-refractivity contribution in [1.29, 1.82) is 0 Å². The van der Waals surface area contributed by atoms with Crippen LogP contribution in [0.4, 0.5) is 0 Å². The molecule has 2 aromatic heterocycles. The number of carboxylic acids is 1. The molecule has 1 fully saturated rings.